The normalized spacial score (nSPS) is 19.9. The summed E-state index contributed by atoms with van der Waals surface area (Å²) in [5.41, 5.74) is 3.06. The van der Waals surface area contributed by atoms with Crippen LogP contribution in [0.2, 0.25) is 0 Å². The Bertz CT molecular complexity index is 751. The Morgan fingerprint density at radius 3 is 2.30 bits per heavy atom. The zero-order valence-electron chi connectivity index (χ0n) is 16.2. The van der Waals surface area contributed by atoms with E-state index in [4.69, 9.17) is 9.47 Å². The molecule has 0 atom stereocenters. The third-order valence-electron chi connectivity index (χ3n) is 5.29. The van der Waals surface area contributed by atoms with Gasteiger partial charge in [0.15, 0.2) is 0 Å². The first kappa shape index (κ1) is 19.4. The van der Waals surface area contributed by atoms with Crippen LogP contribution in [0.3, 0.4) is 0 Å². The predicted octanol–water partition coefficient (Wildman–Crippen LogP) is 5.69. The topological polar surface area (TPSA) is 35.5 Å². The van der Waals surface area contributed by atoms with Crippen molar-refractivity contribution < 1.29 is 14.3 Å². The summed E-state index contributed by atoms with van der Waals surface area (Å²) in [6.45, 7) is 2.70. The average Bonchev–Trinajstić information content (AvgIpc) is 2.70. The Morgan fingerprint density at radius 1 is 1.00 bits per heavy atom. The molecule has 0 amide bonds. The lowest BCUT2D eigenvalue weighted by Gasteiger charge is -2.27. The van der Waals surface area contributed by atoms with Gasteiger partial charge in [0.05, 0.1) is 12.2 Å². The number of esters is 1. The van der Waals surface area contributed by atoms with Crippen LogP contribution in [0.4, 0.5) is 0 Å². The summed E-state index contributed by atoms with van der Waals surface area (Å²) in [6, 6.07) is 15.4. The number of allylic oxidation sites excluding steroid dienone is 1. The summed E-state index contributed by atoms with van der Waals surface area (Å²) in [4.78, 5) is 12.3. The molecule has 0 bridgehead atoms. The number of benzene rings is 2. The van der Waals surface area contributed by atoms with Gasteiger partial charge in [-0.1, -0.05) is 42.0 Å². The Kier molecular flexibility index (Phi) is 6.83. The fourth-order valence-electron chi connectivity index (χ4n) is 3.65. The van der Waals surface area contributed by atoms with Gasteiger partial charge in [0.1, 0.15) is 5.75 Å². The molecule has 1 aliphatic rings. The van der Waals surface area contributed by atoms with Crippen LogP contribution in [0.15, 0.2) is 60.7 Å². The van der Waals surface area contributed by atoms with E-state index in [2.05, 4.69) is 24.3 Å². The summed E-state index contributed by atoms with van der Waals surface area (Å²) in [5.74, 6) is 1.52. The highest BCUT2D eigenvalue weighted by molar-refractivity contribution is 5.91. The molecular formula is C24H28O3. The van der Waals surface area contributed by atoms with Crippen molar-refractivity contribution in [3.05, 3.63) is 77.4 Å². The maximum atomic E-state index is 12.3. The molecule has 0 N–H and O–H groups in total. The van der Waals surface area contributed by atoms with E-state index < -0.39 is 0 Å². The third kappa shape index (κ3) is 5.54. The van der Waals surface area contributed by atoms with Crippen molar-refractivity contribution in [2.75, 3.05) is 13.7 Å². The number of methoxy groups -OCH3 is 1. The number of aryl methyl sites for hydroxylation is 1. The molecule has 3 rings (SSSR count). The number of carbonyl (C=O) groups excluding carboxylic acids is 1. The molecule has 3 nitrogen and oxygen atoms in total. The van der Waals surface area contributed by atoms with Crippen LogP contribution < -0.4 is 4.74 Å². The second kappa shape index (κ2) is 9.52. The first-order valence-electron chi connectivity index (χ1n) is 9.70. The molecule has 2 aromatic carbocycles. The fourth-order valence-corrected chi connectivity index (χ4v) is 3.65. The highest BCUT2D eigenvalue weighted by atomic mass is 16.5. The van der Waals surface area contributed by atoms with Gasteiger partial charge in [-0.3, -0.25) is 0 Å². The molecule has 0 aliphatic heterocycles. The van der Waals surface area contributed by atoms with Crippen molar-refractivity contribution in [3.8, 4) is 5.75 Å². The van der Waals surface area contributed by atoms with Crippen LogP contribution in [-0.2, 0) is 4.74 Å². The smallest absolute Gasteiger partial charge is 0.343 e. The SMILES string of the molecule is COC/C=C/C1CCC(c2ccc(C(=O)Oc3ccc(C)cc3)cc2)CC1. The van der Waals surface area contributed by atoms with E-state index in [-0.39, 0.29) is 5.97 Å². The molecule has 0 heterocycles. The molecule has 0 unspecified atom stereocenters. The highest BCUT2D eigenvalue weighted by Gasteiger charge is 2.21. The summed E-state index contributed by atoms with van der Waals surface area (Å²) >= 11 is 0. The van der Waals surface area contributed by atoms with Crippen LogP contribution in [0.5, 0.6) is 5.75 Å². The molecule has 142 valence electrons. The number of carbonyl (C=O) groups is 1. The van der Waals surface area contributed by atoms with Crippen molar-refractivity contribution in [3.63, 3.8) is 0 Å². The van der Waals surface area contributed by atoms with E-state index in [1.807, 2.05) is 43.3 Å². The van der Waals surface area contributed by atoms with Crippen LogP contribution in [0.25, 0.3) is 0 Å². The minimum Gasteiger partial charge on any atom is -0.423 e. The van der Waals surface area contributed by atoms with Crippen molar-refractivity contribution in [1.82, 2.24) is 0 Å². The largest absolute Gasteiger partial charge is 0.423 e. The number of ether oxygens (including phenoxy) is 2. The lowest BCUT2D eigenvalue weighted by molar-refractivity contribution is 0.0734. The average molecular weight is 364 g/mol. The van der Waals surface area contributed by atoms with Crippen LogP contribution in [-0.4, -0.2) is 19.7 Å². The van der Waals surface area contributed by atoms with Gasteiger partial charge in [-0.15, -0.1) is 0 Å². The maximum Gasteiger partial charge on any atom is 0.343 e. The quantitative estimate of drug-likeness (QED) is 0.375. The molecule has 0 aromatic heterocycles. The van der Waals surface area contributed by atoms with E-state index in [0.717, 1.165) is 5.56 Å². The lowest BCUT2D eigenvalue weighted by Crippen LogP contribution is -2.12. The minimum absolute atomic E-state index is 0.308. The number of hydrogen-bond donors (Lipinski definition) is 0. The summed E-state index contributed by atoms with van der Waals surface area (Å²) < 4.78 is 10.5. The van der Waals surface area contributed by atoms with Gasteiger partial charge < -0.3 is 9.47 Å². The molecule has 0 saturated heterocycles. The standard InChI is InChI=1S/C24H28O3/c1-18-5-15-23(16-6-18)27-24(25)22-13-11-21(12-14-22)20-9-7-19(8-10-20)4-3-17-26-2/h3-6,11-16,19-20H,7-10,17H2,1-2H3/b4-3+. The summed E-state index contributed by atoms with van der Waals surface area (Å²) in [7, 11) is 1.72. The number of hydrogen-bond acceptors (Lipinski definition) is 3. The van der Waals surface area contributed by atoms with E-state index >= 15 is 0 Å². The predicted molar refractivity (Wildman–Crippen MR) is 108 cm³/mol. The monoisotopic (exact) mass is 364 g/mol. The number of rotatable bonds is 6. The lowest BCUT2D eigenvalue weighted by atomic mass is 9.78. The van der Waals surface area contributed by atoms with Crippen LogP contribution >= 0.6 is 0 Å². The summed E-state index contributed by atoms with van der Waals surface area (Å²) in [6.07, 6.45) is 9.22. The Balaban J connectivity index is 1.54. The van der Waals surface area contributed by atoms with E-state index in [1.165, 1.54) is 31.2 Å². The van der Waals surface area contributed by atoms with Crippen molar-refractivity contribution in [2.45, 2.75) is 38.5 Å². The first-order valence-corrected chi connectivity index (χ1v) is 9.70. The second-order valence-electron chi connectivity index (χ2n) is 7.32. The summed E-state index contributed by atoms with van der Waals surface area (Å²) in [5, 5.41) is 0. The maximum absolute atomic E-state index is 12.3. The second-order valence-corrected chi connectivity index (χ2v) is 7.32. The van der Waals surface area contributed by atoms with Gasteiger partial charge in [-0.05, 0) is 74.3 Å². The Morgan fingerprint density at radius 2 is 1.67 bits per heavy atom. The van der Waals surface area contributed by atoms with Crippen molar-refractivity contribution in [1.29, 1.82) is 0 Å². The zero-order valence-corrected chi connectivity index (χ0v) is 16.2. The molecule has 1 aliphatic carbocycles. The molecule has 3 heteroatoms. The van der Waals surface area contributed by atoms with Gasteiger partial charge in [-0.2, -0.15) is 0 Å². The van der Waals surface area contributed by atoms with Gasteiger partial charge >= 0.3 is 5.97 Å². The minimum atomic E-state index is -0.308. The van der Waals surface area contributed by atoms with Gasteiger partial charge in [0.2, 0.25) is 0 Å². The molecule has 1 fully saturated rings. The molecule has 1 saturated carbocycles. The Labute approximate surface area is 162 Å². The Hall–Kier alpha value is -2.39. The van der Waals surface area contributed by atoms with Gasteiger partial charge in [0.25, 0.3) is 0 Å². The van der Waals surface area contributed by atoms with Crippen molar-refractivity contribution in [2.24, 2.45) is 5.92 Å². The van der Waals surface area contributed by atoms with Crippen LogP contribution in [0.1, 0.15) is 53.1 Å². The molecular weight excluding hydrogens is 336 g/mol. The van der Waals surface area contributed by atoms with E-state index in [0.29, 0.717) is 29.8 Å². The zero-order chi connectivity index (χ0) is 19.1. The van der Waals surface area contributed by atoms with E-state index in [9.17, 15) is 4.79 Å². The van der Waals surface area contributed by atoms with Gasteiger partial charge in [0, 0.05) is 7.11 Å². The third-order valence-corrected chi connectivity index (χ3v) is 5.29. The molecule has 0 spiro atoms. The molecule has 27 heavy (non-hydrogen) atoms. The van der Waals surface area contributed by atoms with Crippen molar-refractivity contribution >= 4 is 5.97 Å². The van der Waals surface area contributed by atoms with Crippen LogP contribution in [0, 0.1) is 12.8 Å². The molecule has 0 radical (unpaired) electrons. The van der Waals surface area contributed by atoms with Gasteiger partial charge in [-0.25, -0.2) is 4.79 Å². The fraction of sp³-hybridized carbons (Fsp3) is 0.375. The highest BCUT2D eigenvalue weighted by Crippen LogP contribution is 2.36. The van der Waals surface area contributed by atoms with E-state index in [1.54, 1.807) is 7.11 Å². The molecule has 2 aromatic rings. The first-order chi connectivity index (χ1) is 13.2.